The van der Waals surface area contributed by atoms with Gasteiger partial charge in [0, 0.05) is 49.9 Å². The fourth-order valence-electron chi connectivity index (χ4n) is 7.12. The van der Waals surface area contributed by atoms with E-state index < -0.39 is 11.5 Å². The fraction of sp³-hybridized carbons (Fsp3) is 0.528. The quantitative estimate of drug-likeness (QED) is 0.288. The van der Waals surface area contributed by atoms with Crippen LogP contribution >= 0.6 is 0 Å². The van der Waals surface area contributed by atoms with E-state index in [9.17, 15) is 19.6 Å². The van der Waals surface area contributed by atoms with Crippen LogP contribution in [-0.2, 0) is 19.7 Å². The molecule has 1 aromatic heterocycles. The second-order valence-corrected chi connectivity index (χ2v) is 13.0. The normalized spacial score (nSPS) is 16.4. The van der Waals surface area contributed by atoms with Crippen molar-refractivity contribution in [3.05, 3.63) is 75.6 Å². The Bertz CT molecular complexity index is 1610. The van der Waals surface area contributed by atoms with Gasteiger partial charge in [0.25, 0.3) is 11.8 Å². The Morgan fingerprint density at radius 3 is 1.88 bits per heavy atom. The fourth-order valence-corrected chi connectivity index (χ4v) is 7.12. The summed E-state index contributed by atoms with van der Waals surface area (Å²) in [6, 6.07) is 12.7. The first-order chi connectivity index (χ1) is 24.1. The standard InChI is InChI=1S/C36H47N9O5/c1-6-45(27(5)22-37)32(46)23-38-26(4)21-36(35-39-41-42-40-35,30-9-7-28(19-24(30)2)33(47)43-11-15-49-16-12-43)31-10-8-29(20-25(31)3)34(48)44-13-17-50-18-14-44/h7-10,19-20,26-27,38H,6,11-18,21,23H2,1-5H3,(H,39,40,41,42)/t26-,27?/m0/s1. The summed E-state index contributed by atoms with van der Waals surface area (Å²) in [7, 11) is 0. The Morgan fingerprint density at radius 1 is 0.940 bits per heavy atom. The molecular formula is C36H47N9O5. The highest BCUT2D eigenvalue weighted by molar-refractivity contribution is 5.95. The van der Waals surface area contributed by atoms with Gasteiger partial charge in [0.2, 0.25) is 5.91 Å². The summed E-state index contributed by atoms with van der Waals surface area (Å²) < 4.78 is 10.9. The van der Waals surface area contributed by atoms with Gasteiger partial charge in [0.05, 0.1) is 44.5 Å². The van der Waals surface area contributed by atoms with Gasteiger partial charge in [-0.15, -0.1) is 10.2 Å². The van der Waals surface area contributed by atoms with Gasteiger partial charge in [-0.25, -0.2) is 0 Å². The molecule has 3 aromatic rings. The van der Waals surface area contributed by atoms with E-state index in [1.54, 1.807) is 16.7 Å². The first-order valence-electron chi connectivity index (χ1n) is 17.2. The Hall–Kier alpha value is -4.71. The molecule has 2 atom stereocenters. The molecule has 0 aliphatic carbocycles. The molecule has 2 N–H and O–H groups in total. The van der Waals surface area contributed by atoms with Gasteiger partial charge in [0.15, 0.2) is 5.82 Å². The number of amides is 3. The number of hydrogen-bond donors (Lipinski definition) is 2. The molecule has 266 valence electrons. The Morgan fingerprint density at radius 2 is 1.46 bits per heavy atom. The second kappa shape index (κ2) is 16.3. The van der Waals surface area contributed by atoms with Gasteiger partial charge in [0.1, 0.15) is 6.04 Å². The lowest BCUT2D eigenvalue weighted by molar-refractivity contribution is -0.131. The number of H-pyrrole nitrogens is 1. The van der Waals surface area contributed by atoms with Crippen molar-refractivity contribution in [3.8, 4) is 6.07 Å². The molecule has 3 heterocycles. The van der Waals surface area contributed by atoms with Crippen LogP contribution in [0.25, 0.3) is 0 Å². The van der Waals surface area contributed by atoms with Crippen molar-refractivity contribution in [2.75, 3.05) is 65.7 Å². The number of rotatable bonds is 12. The largest absolute Gasteiger partial charge is 0.378 e. The summed E-state index contributed by atoms with van der Waals surface area (Å²) in [5, 5.41) is 28.5. The number of morpholine rings is 2. The average Bonchev–Trinajstić information content (AvgIpc) is 3.69. The maximum atomic E-state index is 13.5. The second-order valence-electron chi connectivity index (χ2n) is 13.0. The minimum atomic E-state index is -1.01. The van der Waals surface area contributed by atoms with E-state index in [2.05, 4.69) is 32.0 Å². The summed E-state index contributed by atoms with van der Waals surface area (Å²) in [6.07, 6.45) is 0.398. The molecule has 0 saturated carbocycles. The van der Waals surface area contributed by atoms with Gasteiger partial charge in [-0.3, -0.25) is 14.4 Å². The molecule has 3 amide bonds. The Labute approximate surface area is 293 Å². The molecular weight excluding hydrogens is 638 g/mol. The van der Waals surface area contributed by atoms with Crippen LogP contribution in [0.1, 0.15) is 76.0 Å². The lowest BCUT2D eigenvalue weighted by atomic mass is 9.67. The maximum Gasteiger partial charge on any atom is 0.254 e. The van der Waals surface area contributed by atoms with Gasteiger partial charge >= 0.3 is 0 Å². The van der Waals surface area contributed by atoms with E-state index in [1.165, 1.54) is 4.90 Å². The van der Waals surface area contributed by atoms with Crippen LogP contribution in [0.4, 0.5) is 0 Å². The maximum absolute atomic E-state index is 13.5. The van der Waals surface area contributed by atoms with Crippen molar-refractivity contribution in [2.24, 2.45) is 0 Å². The summed E-state index contributed by atoms with van der Waals surface area (Å²) in [5.41, 5.74) is 3.56. The molecule has 0 radical (unpaired) electrons. The van der Waals surface area contributed by atoms with E-state index in [-0.39, 0.29) is 30.3 Å². The third kappa shape index (κ3) is 7.70. The zero-order chi connectivity index (χ0) is 35.8. The van der Waals surface area contributed by atoms with Gasteiger partial charge < -0.3 is 29.5 Å². The predicted octanol–water partition coefficient (Wildman–Crippen LogP) is 2.22. The zero-order valence-electron chi connectivity index (χ0n) is 29.6. The summed E-state index contributed by atoms with van der Waals surface area (Å²) in [4.78, 5) is 45.3. The third-order valence-corrected chi connectivity index (χ3v) is 9.72. The van der Waals surface area contributed by atoms with Crippen molar-refractivity contribution in [1.29, 1.82) is 5.26 Å². The van der Waals surface area contributed by atoms with Crippen molar-refractivity contribution < 1.29 is 23.9 Å². The monoisotopic (exact) mass is 685 g/mol. The molecule has 2 saturated heterocycles. The smallest absolute Gasteiger partial charge is 0.254 e. The van der Waals surface area contributed by atoms with Crippen LogP contribution in [0.2, 0.25) is 0 Å². The summed E-state index contributed by atoms with van der Waals surface area (Å²) >= 11 is 0. The number of hydrogen-bond acceptors (Lipinski definition) is 10. The molecule has 2 aromatic carbocycles. The van der Waals surface area contributed by atoms with Crippen LogP contribution < -0.4 is 5.32 Å². The van der Waals surface area contributed by atoms with E-state index >= 15 is 0 Å². The number of aryl methyl sites for hydroxylation is 2. The first-order valence-corrected chi connectivity index (χ1v) is 17.2. The van der Waals surface area contributed by atoms with Crippen LogP contribution in [-0.4, -0.2) is 131 Å². The number of carbonyl (C=O) groups excluding carboxylic acids is 3. The molecule has 5 rings (SSSR count). The average molecular weight is 686 g/mol. The van der Waals surface area contributed by atoms with Crippen LogP contribution in [0.15, 0.2) is 36.4 Å². The number of likely N-dealkylation sites (N-methyl/N-ethyl adjacent to an activating group) is 1. The topological polar surface area (TPSA) is 170 Å². The molecule has 14 nitrogen and oxygen atoms in total. The number of aromatic nitrogens is 4. The van der Waals surface area contributed by atoms with Gasteiger partial charge in [-0.1, -0.05) is 17.3 Å². The SMILES string of the molecule is CCN(C(=O)CN[C@@H](C)CC(c1nn[nH]n1)(c1ccc(C(=O)N2CCOCC2)cc1C)c1ccc(C(=O)N2CCOCC2)cc1C)C(C)C#N. The highest BCUT2D eigenvalue weighted by Gasteiger charge is 2.44. The lowest BCUT2D eigenvalue weighted by Crippen LogP contribution is -2.46. The third-order valence-electron chi connectivity index (χ3n) is 9.72. The number of benzene rings is 2. The first kappa shape index (κ1) is 36.6. The lowest BCUT2D eigenvalue weighted by Gasteiger charge is -2.37. The van der Waals surface area contributed by atoms with Crippen molar-refractivity contribution in [3.63, 3.8) is 0 Å². The molecule has 0 bridgehead atoms. The molecule has 0 spiro atoms. The molecule has 1 unspecified atom stereocenters. The molecule has 2 aliphatic rings. The van der Waals surface area contributed by atoms with E-state index in [0.29, 0.717) is 82.5 Å². The zero-order valence-corrected chi connectivity index (χ0v) is 29.6. The highest BCUT2D eigenvalue weighted by atomic mass is 16.5. The number of carbonyl (C=O) groups is 3. The van der Waals surface area contributed by atoms with Crippen LogP contribution in [0, 0.1) is 25.2 Å². The number of tetrazole rings is 1. The van der Waals surface area contributed by atoms with Gasteiger partial charge in [-0.05, 0) is 87.6 Å². The number of ether oxygens (including phenoxy) is 2. The van der Waals surface area contributed by atoms with E-state index in [0.717, 1.165) is 22.3 Å². The number of nitrogens with one attached hydrogen (secondary N) is 2. The van der Waals surface area contributed by atoms with Gasteiger partial charge in [-0.2, -0.15) is 10.5 Å². The van der Waals surface area contributed by atoms with Crippen molar-refractivity contribution in [1.82, 2.24) is 40.6 Å². The number of aromatic amines is 1. The Kier molecular flexibility index (Phi) is 11.9. The van der Waals surface area contributed by atoms with Crippen LogP contribution in [0.3, 0.4) is 0 Å². The molecule has 2 aliphatic heterocycles. The summed E-state index contributed by atoms with van der Waals surface area (Å²) in [5.74, 6) is 0.117. The summed E-state index contributed by atoms with van der Waals surface area (Å²) in [6.45, 7) is 14.1. The molecule has 14 heteroatoms. The van der Waals surface area contributed by atoms with Crippen molar-refractivity contribution >= 4 is 17.7 Å². The molecule has 50 heavy (non-hydrogen) atoms. The Balaban J connectivity index is 1.57. The minimum absolute atomic E-state index is 0.0291. The van der Waals surface area contributed by atoms with E-state index in [1.807, 2.05) is 64.1 Å². The predicted molar refractivity (Wildman–Crippen MR) is 184 cm³/mol. The van der Waals surface area contributed by atoms with E-state index in [4.69, 9.17) is 9.47 Å². The minimum Gasteiger partial charge on any atom is -0.378 e. The van der Waals surface area contributed by atoms with Crippen molar-refractivity contribution in [2.45, 2.75) is 58.5 Å². The van der Waals surface area contributed by atoms with Crippen LogP contribution in [0.5, 0.6) is 0 Å². The molecule has 2 fully saturated rings. The number of nitriles is 1. The number of nitrogens with zero attached hydrogens (tertiary/aromatic N) is 7. The highest BCUT2D eigenvalue weighted by Crippen LogP contribution is 2.44.